The predicted molar refractivity (Wildman–Crippen MR) is 72.2 cm³/mol. The van der Waals surface area contributed by atoms with E-state index >= 15 is 0 Å². The van der Waals surface area contributed by atoms with Crippen LogP contribution in [0.4, 0.5) is 11.4 Å². The highest BCUT2D eigenvalue weighted by atomic mass is 16.5. The number of carbonyl (C=O) groups is 1. The fourth-order valence-electron chi connectivity index (χ4n) is 2.61. The standard InChI is InChI=1S/C14H18N2O3/c15-11-1-2-13-12(7-11)16(14(17)9-19-13)8-10-3-5-18-6-4-10/h1-2,7,10H,3-6,8-9,15H2. The SMILES string of the molecule is Nc1ccc2c(c1)N(CC1CCOCC1)C(=O)CO2. The Morgan fingerprint density at radius 3 is 2.89 bits per heavy atom. The van der Waals surface area contributed by atoms with Crippen molar-refractivity contribution in [3.8, 4) is 5.75 Å². The zero-order valence-corrected chi connectivity index (χ0v) is 10.8. The van der Waals surface area contributed by atoms with E-state index in [1.807, 2.05) is 17.0 Å². The lowest BCUT2D eigenvalue weighted by Gasteiger charge is -2.33. The summed E-state index contributed by atoms with van der Waals surface area (Å²) in [5.74, 6) is 1.23. The van der Waals surface area contributed by atoms with E-state index in [0.29, 0.717) is 11.6 Å². The van der Waals surface area contributed by atoms with E-state index in [9.17, 15) is 4.79 Å². The van der Waals surface area contributed by atoms with E-state index in [0.717, 1.165) is 44.0 Å². The van der Waals surface area contributed by atoms with Gasteiger partial charge < -0.3 is 20.1 Å². The molecule has 1 aromatic rings. The zero-order chi connectivity index (χ0) is 13.2. The normalized spacial score (nSPS) is 20.0. The maximum Gasteiger partial charge on any atom is 0.265 e. The number of ether oxygens (including phenoxy) is 2. The molecule has 1 aromatic carbocycles. The van der Waals surface area contributed by atoms with Crippen LogP contribution in [0, 0.1) is 5.92 Å². The van der Waals surface area contributed by atoms with Crippen LogP contribution in [-0.2, 0) is 9.53 Å². The Labute approximate surface area is 112 Å². The number of hydrogen-bond acceptors (Lipinski definition) is 4. The van der Waals surface area contributed by atoms with E-state index in [-0.39, 0.29) is 12.5 Å². The molecule has 5 heteroatoms. The van der Waals surface area contributed by atoms with Gasteiger partial charge in [0, 0.05) is 25.4 Å². The lowest BCUT2D eigenvalue weighted by Crippen LogP contribution is -2.42. The van der Waals surface area contributed by atoms with Gasteiger partial charge in [0.25, 0.3) is 5.91 Å². The molecule has 2 N–H and O–H groups in total. The molecule has 2 aliphatic heterocycles. The van der Waals surface area contributed by atoms with Gasteiger partial charge in [0.15, 0.2) is 6.61 Å². The number of amides is 1. The number of fused-ring (bicyclic) bond motifs is 1. The first kappa shape index (κ1) is 12.3. The summed E-state index contributed by atoms with van der Waals surface area (Å²) < 4.78 is 10.8. The Hall–Kier alpha value is -1.75. The fraction of sp³-hybridized carbons (Fsp3) is 0.500. The third-order valence-electron chi connectivity index (χ3n) is 3.71. The number of nitrogens with zero attached hydrogens (tertiary/aromatic N) is 1. The summed E-state index contributed by atoms with van der Waals surface area (Å²) in [5.41, 5.74) is 7.25. The Balaban J connectivity index is 1.83. The van der Waals surface area contributed by atoms with E-state index in [2.05, 4.69) is 0 Å². The van der Waals surface area contributed by atoms with Crippen LogP contribution in [0.2, 0.25) is 0 Å². The van der Waals surface area contributed by atoms with Crippen molar-refractivity contribution in [1.82, 2.24) is 0 Å². The minimum atomic E-state index is 0.00425. The highest BCUT2D eigenvalue weighted by Gasteiger charge is 2.28. The summed E-state index contributed by atoms with van der Waals surface area (Å²) >= 11 is 0. The van der Waals surface area contributed by atoms with E-state index in [1.165, 1.54) is 0 Å². The van der Waals surface area contributed by atoms with E-state index < -0.39 is 0 Å². The van der Waals surface area contributed by atoms with Crippen molar-refractivity contribution in [3.05, 3.63) is 18.2 Å². The molecule has 0 unspecified atom stereocenters. The number of carbonyl (C=O) groups excluding carboxylic acids is 1. The number of hydrogen-bond donors (Lipinski definition) is 1. The molecule has 0 saturated carbocycles. The van der Waals surface area contributed by atoms with Crippen LogP contribution in [0.25, 0.3) is 0 Å². The maximum absolute atomic E-state index is 12.1. The molecule has 0 aliphatic carbocycles. The van der Waals surface area contributed by atoms with Gasteiger partial charge in [-0.05, 0) is 37.0 Å². The molecule has 3 rings (SSSR count). The van der Waals surface area contributed by atoms with Gasteiger partial charge in [0.05, 0.1) is 5.69 Å². The van der Waals surface area contributed by atoms with Gasteiger partial charge in [-0.3, -0.25) is 4.79 Å². The number of nitrogen functional groups attached to an aromatic ring is 1. The summed E-state index contributed by atoms with van der Waals surface area (Å²) in [5, 5.41) is 0. The number of anilines is 2. The highest BCUT2D eigenvalue weighted by molar-refractivity contribution is 5.98. The molecule has 1 fully saturated rings. The minimum Gasteiger partial charge on any atom is -0.482 e. The Bertz CT molecular complexity index is 484. The third kappa shape index (κ3) is 2.51. The van der Waals surface area contributed by atoms with Gasteiger partial charge >= 0.3 is 0 Å². The van der Waals surface area contributed by atoms with E-state index in [4.69, 9.17) is 15.2 Å². The molecule has 19 heavy (non-hydrogen) atoms. The van der Waals surface area contributed by atoms with Crippen molar-refractivity contribution < 1.29 is 14.3 Å². The largest absolute Gasteiger partial charge is 0.482 e. The predicted octanol–water partition coefficient (Wildman–Crippen LogP) is 1.42. The van der Waals surface area contributed by atoms with Crippen molar-refractivity contribution in [1.29, 1.82) is 0 Å². The molecule has 1 saturated heterocycles. The molecule has 5 nitrogen and oxygen atoms in total. The second-order valence-corrected chi connectivity index (χ2v) is 5.08. The zero-order valence-electron chi connectivity index (χ0n) is 10.8. The van der Waals surface area contributed by atoms with Gasteiger partial charge in [-0.2, -0.15) is 0 Å². The van der Waals surface area contributed by atoms with Gasteiger partial charge in [-0.1, -0.05) is 0 Å². The van der Waals surface area contributed by atoms with Crippen molar-refractivity contribution >= 4 is 17.3 Å². The van der Waals surface area contributed by atoms with Gasteiger partial charge in [0.2, 0.25) is 0 Å². The Morgan fingerprint density at radius 2 is 2.11 bits per heavy atom. The molecule has 2 aliphatic rings. The lowest BCUT2D eigenvalue weighted by molar-refractivity contribution is -0.121. The molecule has 1 amide bonds. The molecule has 2 heterocycles. The van der Waals surface area contributed by atoms with Crippen LogP contribution in [0.5, 0.6) is 5.75 Å². The number of rotatable bonds is 2. The number of benzene rings is 1. The third-order valence-corrected chi connectivity index (χ3v) is 3.71. The molecule has 0 aromatic heterocycles. The fourth-order valence-corrected chi connectivity index (χ4v) is 2.61. The topological polar surface area (TPSA) is 64.8 Å². The summed E-state index contributed by atoms with van der Waals surface area (Å²) in [6, 6.07) is 5.43. The smallest absolute Gasteiger partial charge is 0.265 e. The number of nitrogens with two attached hydrogens (primary N) is 1. The van der Waals surface area contributed by atoms with Crippen molar-refractivity contribution in [3.63, 3.8) is 0 Å². The van der Waals surface area contributed by atoms with Crippen LogP contribution in [0.3, 0.4) is 0 Å². The molecular weight excluding hydrogens is 244 g/mol. The summed E-state index contributed by atoms with van der Waals surface area (Å²) in [7, 11) is 0. The molecule has 102 valence electrons. The Kier molecular flexibility index (Phi) is 3.29. The van der Waals surface area contributed by atoms with Crippen LogP contribution in [-0.4, -0.2) is 32.3 Å². The second-order valence-electron chi connectivity index (χ2n) is 5.08. The Morgan fingerprint density at radius 1 is 1.32 bits per heavy atom. The summed E-state index contributed by atoms with van der Waals surface area (Å²) in [6.07, 6.45) is 2.00. The first-order valence-corrected chi connectivity index (χ1v) is 6.64. The van der Waals surface area contributed by atoms with Crippen LogP contribution in [0.15, 0.2) is 18.2 Å². The van der Waals surface area contributed by atoms with Gasteiger partial charge in [-0.15, -0.1) is 0 Å². The summed E-state index contributed by atoms with van der Waals surface area (Å²) in [4.78, 5) is 13.9. The van der Waals surface area contributed by atoms with Crippen LogP contribution < -0.4 is 15.4 Å². The first-order valence-electron chi connectivity index (χ1n) is 6.64. The quantitative estimate of drug-likeness (QED) is 0.819. The van der Waals surface area contributed by atoms with Crippen LogP contribution >= 0.6 is 0 Å². The van der Waals surface area contributed by atoms with Crippen molar-refractivity contribution in [2.45, 2.75) is 12.8 Å². The van der Waals surface area contributed by atoms with E-state index in [1.54, 1.807) is 6.07 Å². The lowest BCUT2D eigenvalue weighted by atomic mass is 9.99. The monoisotopic (exact) mass is 262 g/mol. The minimum absolute atomic E-state index is 0.00425. The molecule has 0 spiro atoms. The highest BCUT2D eigenvalue weighted by Crippen LogP contribution is 2.34. The molecule has 0 radical (unpaired) electrons. The maximum atomic E-state index is 12.1. The average Bonchev–Trinajstić information content (AvgIpc) is 2.43. The second kappa shape index (κ2) is 5.09. The van der Waals surface area contributed by atoms with Crippen molar-refractivity contribution in [2.75, 3.05) is 37.0 Å². The molecular formula is C14H18N2O3. The summed E-state index contributed by atoms with van der Waals surface area (Å²) in [6.45, 7) is 2.40. The first-order chi connectivity index (χ1) is 9.24. The van der Waals surface area contributed by atoms with Gasteiger partial charge in [-0.25, -0.2) is 0 Å². The van der Waals surface area contributed by atoms with Crippen LogP contribution in [0.1, 0.15) is 12.8 Å². The molecule has 0 bridgehead atoms. The molecule has 0 atom stereocenters. The average molecular weight is 262 g/mol. The van der Waals surface area contributed by atoms with Gasteiger partial charge in [0.1, 0.15) is 5.75 Å². The van der Waals surface area contributed by atoms with Crippen molar-refractivity contribution in [2.24, 2.45) is 5.92 Å².